The van der Waals surface area contributed by atoms with Crippen molar-refractivity contribution in [2.24, 2.45) is 0 Å². The Morgan fingerprint density at radius 1 is 1.08 bits per heavy atom. The quantitative estimate of drug-likeness (QED) is 0.534. The minimum atomic E-state index is -0.311. The molecule has 4 rings (SSSR count). The van der Waals surface area contributed by atoms with Crippen LogP contribution >= 0.6 is 15.9 Å². The number of furan rings is 1. The van der Waals surface area contributed by atoms with Crippen molar-refractivity contribution in [2.45, 2.75) is 0 Å². The SMILES string of the molecule is O=C(Nc1ccc2oc(-c3ccccc3Br)nc2c1)c1ccco1. The molecular formula is C18H11BrN2O3. The van der Waals surface area contributed by atoms with E-state index in [0.717, 1.165) is 10.0 Å². The summed E-state index contributed by atoms with van der Waals surface area (Å²) in [5.74, 6) is 0.463. The van der Waals surface area contributed by atoms with Gasteiger partial charge >= 0.3 is 0 Å². The zero-order valence-corrected chi connectivity index (χ0v) is 13.9. The van der Waals surface area contributed by atoms with E-state index >= 15 is 0 Å². The van der Waals surface area contributed by atoms with Gasteiger partial charge in [-0.25, -0.2) is 4.98 Å². The Labute approximate surface area is 145 Å². The number of fused-ring (bicyclic) bond motifs is 1. The van der Waals surface area contributed by atoms with Crippen LogP contribution in [0.2, 0.25) is 0 Å². The monoisotopic (exact) mass is 382 g/mol. The highest BCUT2D eigenvalue weighted by atomic mass is 79.9. The number of rotatable bonds is 3. The number of hydrogen-bond acceptors (Lipinski definition) is 4. The third kappa shape index (κ3) is 2.72. The molecule has 2 aromatic carbocycles. The molecule has 118 valence electrons. The third-order valence-electron chi connectivity index (χ3n) is 3.49. The fourth-order valence-electron chi connectivity index (χ4n) is 2.36. The van der Waals surface area contributed by atoms with Crippen LogP contribution in [0.15, 0.2) is 74.2 Å². The van der Waals surface area contributed by atoms with E-state index in [4.69, 9.17) is 8.83 Å². The van der Waals surface area contributed by atoms with Gasteiger partial charge in [-0.3, -0.25) is 4.79 Å². The number of oxazole rings is 1. The first-order valence-electron chi connectivity index (χ1n) is 7.21. The highest BCUT2D eigenvalue weighted by Gasteiger charge is 2.13. The number of carbonyl (C=O) groups is 1. The second-order valence-corrected chi connectivity index (χ2v) is 5.97. The first kappa shape index (κ1) is 14.7. The molecule has 1 N–H and O–H groups in total. The number of nitrogens with zero attached hydrogens (tertiary/aromatic N) is 1. The van der Waals surface area contributed by atoms with Crippen molar-refractivity contribution in [2.75, 3.05) is 5.32 Å². The Kier molecular flexibility index (Phi) is 3.66. The fraction of sp³-hybridized carbons (Fsp3) is 0. The average Bonchev–Trinajstić information content (AvgIpc) is 3.24. The highest BCUT2D eigenvalue weighted by Crippen LogP contribution is 2.30. The number of aromatic nitrogens is 1. The summed E-state index contributed by atoms with van der Waals surface area (Å²) in [5.41, 5.74) is 2.81. The summed E-state index contributed by atoms with van der Waals surface area (Å²) in [7, 11) is 0. The Morgan fingerprint density at radius 2 is 1.96 bits per heavy atom. The van der Waals surface area contributed by atoms with Crippen LogP contribution in [0.25, 0.3) is 22.6 Å². The van der Waals surface area contributed by atoms with Crippen LogP contribution in [0.1, 0.15) is 10.6 Å². The lowest BCUT2D eigenvalue weighted by atomic mass is 10.2. The summed E-state index contributed by atoms with van der Waals surface area (Å²) in [6.45, 7) is 0. The summed E-state index contributed by atoms with van der Waals surface area (Å²) in [5, 5.41) is 2.77. The number of benzene rings is 2. The van der Waals surface area contributed by atoms with Gasteiger partial charge in [0.2, 0.25) is 5.89 Å². The number of nitrogens with one attached hydrogen (secondary N) is 1. The van der Waals surface area contributed by atoms with Gasteiger partial charge in [-0.15, -0.1) is 0 Å². The van der Waals surface area contributed by atoms with E-state index in [1.165, 1.54) is 6.26 Å². The lowest BCUT2D eigenvalue weighted by molar-refractivity contribution is 0.0996. The van der Waals surface area contributed by atoms with E-state index in [2.05, 4.69) is 26.2 Å². The van der Waals surface area contributed by atoms with Gasteiger partial charge in [0, 0.05) is 10.2 Å². The maximum Gasteiger partial charge on any atom is 0.291 e. The van der Waals surface area contributed by atoms with Crippen LogP contribution in [-0.4, -0.2) is 10.9 Å². The third-order valence-corrected chi connectivity index (χ3v) is 4.19. The van der Waals surface area contributed by atoms with Crippen molar-refractivity contribution in [3.8, 4) is 11.5 Å². The van der Waals surface area contributed by atoms with Crippen molar-refractivity contribution in [3.63, 3.8) is 0 Å². The van der Waals surface area contributed by atoms with Gasteiger partial charge in [-0.2, -0.15) is 0 Å². The first-order valence-corrected chi connectivity index (χ1v) is 8.00. The van der Waals surface area contributed by atoms with Crippen molar-refractivity contribution in [1.82, 2.24) is 4.98 Å². The molecule has 2 heterocycles. The van der Waals surface area contributed by atoms with Gasteiger partial charge in [0.05, 0.1) is 11.8 Å². The van der Waals surface area contributed by atoms with Crippen LogP contribution in [0.4, 0.5) is 5.69 Å². The highest BCUT2D eigenvalue weighted by molar-refractivity contribution is 9.10. The van der Waals surface area contributed by atoms with E-state index in [1.54, 1.807) is 30.3 Å². The zero-order chi connectivity index (χ0) is 16.5. The van der Waals surface area contributed by atoms with Crippen molar-refractivity contribution < 1.29 is 13.6 Å². The molecule has 0 saturated heterocycles. The summed E-state index contributed by atoms with van der Waals surface area (Å²) in [6.07, 6.45) is 1.46. The molecule has 0 saturated carbocycles. The molecule has 6 heteroatoms. The minimum Gasteiger partial charge on any atom is -0.459 e. The molecule has 0 bridgehead atoms. The molecule has 1 amide bonds. The predicted octanol–water partition coefficient (Wildman–Crippen LogP) is 5.10. The van der Waals surface area contributed by atoms with Crippen molar-refractivity contribution in [1.29, 1.82) is 0 Å². The van der Waals surface area contributed by atoms with E-state index in [0.29, 0.717) is 22.7 Å². The molecule has 2 aromatic heterocycles. The Bertz CT molecular complexity index is 1020. The molecule has 0 radical (unpaired) electrons. The number of amides is 1. The maximum absolute atomic E-state index is 12.0. The Morgan fingerprint density at radius 3 is 2.75 bits per heavy atom. The average molecular weight is 383 g/mol. The molecule has 4 aromatic rings. The smallest absolute Gasteiger partial charge is 0.291 e. The standard InChI is InChI=1S/C18H11BrN2O3/c19-13-5-2-1-4-12(13)18-21-14-10-11(7-8-15(14)24-18)20-17(22)16-6-3-9-23-16/h1-10H,(H,20,22). The van der Waals surface area contributed by atoms with Gasteiger partial charge in [-0.05, 0) is 58.4 Å². The molecule has 0 aliphatic heterocycles. The van der Waals surface area contributed by atoms with Crippen LogP contribution in [0.3, 0.4) is 0 Å². The Hall–Kier alpha value is -2.86. The summed E-state index contributed by atoms with van der Waals surface area (Å²) >= 11 is 3.49. The van der Waals surface area contributed by atoms with Crippen molar-refractivity contribution >= 4 is 38.6 Å². The largest absolute Gasteiger partial charge is 0.459 e. The summed E-state index contributed by atoms with van der Waals surface area (Å²) in [4.78, 5) is 16.5. The predicted molar refractivity (Wildman–Crippen MR) is 93.8 cm³/mol. The minimum absolute atomic E-state index is 0.254. The summed E-state index contributed by atoms with van der Waals surface area (Å²) < 4.78 is 11.8. The van der Waals surface area contributed by atoms with Gasteiger partial charge < -0.3 is 14.2 Å². The molecule has 0 unspecified atom stereocenters. The van der Waals surface area contributed by atoms with E-state index in [1.807, 2.05) is 24.3 Å². The lowest BCUT2D eigenvalue weighted by Gasteiger charge is -2.01. The number of halogens is 1. The molecule has 5 nitrogen and oxygen atoms in total. The van der Waals surface area contributed by atoms with Crippen molar-refractivity contribution in [3.05, 3.63) is 71.1 Å². The number of anilines is 1. The molecular weight excluding hydrogens is 372 g/mol. The maximum atomic E-state index is 12.0. The zero-order valence-electron chi connectivity index (χ0n) is 12.3. The number of carbonyl (C=O) groups excluding carboxylic acids is 1. The second kappa shape index (κ2) is 5.98. The molecule has 0 aliphatic carbocycles. The first-order chi connectivity index (χ1) is 11.7. The van der Waals surface area contributed by atoms with E-state index in [-0.39, 0.29) is 11.7 Å². The van der Waals surface area contributed by atoms with Crippen LogP contribution in [-0.2, 0) is 0 Å². The normalized spacial score (nSPS) is 10.9. The van der Waals surface area contributed by atoms with Gasteiger partial charge in [0.25, 0.3) is 5.91 Å². The van der Waals surface area contributed by atoms with E-state index < -0.39 is 0 Å². The molecule has 24 heavy (non-hydrogen) atoms. The Balaban J connectivity index is 1.66. The number of hydrogen-bond donors (Lipinski definition) is 1. The topological polar surface area (TPSA) is 68.3 Å². The fourth-order valence-corrected chi connectivity index (χ4v) is 2.81. The molecule has 0 fully saturated rings. The summed E-state index contributed by atoms with van der Waals surface area (Å²) in [6, 6.07) is 16.3. The lowest BCUT2D eigenvalue weighted by Crippen LogP contribution is -2.10. The van der Waals surface area contributed by atoms with Crippen LogP contribution in [0.5, 0.6) is 0 Å². The van der Waals surface area contributed by atoms with Gasteiger partial charge in [0.15, 0.2) is 11.3 Å². The molecule has 0 atom stereocenters. The van der Waals surface area contributed by atoms with Crippen LogP contribution < -0.4 is 5.32 Å². The van der Waals surface area contributed by atoms with Crippen LogP contribution in [0, 0.1) is 0 Å². The second-order valence-electron chi connectivity index (χ2n) is 5.11. The van der Waals surface area contributed by atoms with E-state index in [9.17, 15) is 4.79 Å². The van der Waals surface area contributed by atoms with Gasteiger partial charge in [0.1, 0.15) is 5.52 Å². The van der Waals surface area contributed by atoms with Gasteiger partial charge in [-0.1, -0.05) is 12.1 Å². The molecule has 0 spiro atoms. The molecule has 0 aliphatic rings.